The summed E-state index contributed by atoms with van der Waals surface area (Å²) in [6.07, 6.45) is 3.09. The van der Waals surface area contributed by atoms with E-state index in [1.54, 1.807) is 6.26 Å². The number of hydrogen-bond donors (Lipinski definition) is 0. The highest BCUT2D eigenvalue weighted by molar-refractivity contribution is 8.13. The van der Waals surface area contributed by atoms with Gasteiger partial charge in [-0.25, -0.2) is 0 Å². The van der Waals surface area contributed by atoms with E-state index in [9.17, 15) is 9.59 Å². The van der Waals surface area contributed by atoms with Gasteiger partial charge in [0.05, 0.1) is 0 Å². The van der Waals surface area contributed by atoms with Gasteiger partial charge in [-0.05, 0) is 12.6 Å². The third-order valence-electron chi connectivity index (χ3n) is 1.23. The van der Waals surface area contributed by atoms with E-state index in [0.717, 1.165) is 0 Å². The molecule has 0 N–H and O–H groups in total. The summed E-state index contributed by atoms with van der Waals surface area (Å²) in [7, 11) is 1.81. The maximum absolute atomic E-state index is 10.7. The third-order valence-corrected chi connectivity index (χ3v) is 1.89. The van der Waals surface area contributed by atoms with Crippen molar-refractivity contribution in [3.8, 4) is 0 Å². The molecule has 0 saturated heterocycles. The first-order valence-corrected chi connectivity index (χ1v) is 4.51. The second kappa shape index (κ2) is 5.53. The van der Waals surface area contributed by atoms with Crippen LogP contribution in [0.3, 0.4) is 0 Å². The van der Waals surface area contributed by atoms with Gasteiger partial charge in [-0.2, -0.15) is 0 Å². The first kappa shape index (κ1) is 9.75. The van der Waals surface area contributed by atoms with Crippen LogP contribution in [0.2, 0.25) is 6.32 Å². The number of thioether (sulfide) groups is 1. The lowest BCUT2D eigenvalue weighted by Gasteiger charge is -1.93. The molecule has 0 spiro atoms. The van der Waals surface area contributed by atoms with Gasteiger partial charge in [-0.15, -0.1) is 0 Å². The van der Waals surface area contributed by atoms with E-state index in [1.165, 1.54) is 11.8 Å². The van der Waals surface area contributed by atoms with Crippen molar-refractivity contribution in [2.75, 3.05) is 6.26 Å². The molecule has 4 heteroatoms. The van der Waals surface area contributed by atoms with Gasteiger partial charge in [-0.3, -0.25) is 4.79 Å². The van der Waals surface area contributed by atoms with E-state index in [-0.39, 0.29) is 10.9 Å². The maximum Gasteiger partial charge on any atom is 0.189 e. The average molecular weight is 158 g/mol. The third kappa shape index (κ3) is 4.62. The van der Waals surface area contributed by atoms with Crippen LogP contribution in [0.4, 0.5) is 0 Å². The Hall–Kier alpha value is -0.245. The highest BCUT2D eigenvalue weighted by Gasteiger charge is 2.02. The molecule has 0 heterocycles. The molecule has 0 rings (SSSR count). The summed E-state index contributed by atoms with van der Waals surface area (Å²) in [6, 6.07) is 0. The van der Waals surface area contributed by atoms with Crippen molar-refractivity contribution in [1.29, 1.82) is 0 Å². The second-order valence-electron chi connectivity index (χ2n) is 1.97. The molecule has 0 amide bonds. The van der Waals surface area contributed by atoms with Crippen LogP contribution in [0, 0.1) is 0 Å². The highest BCUT2D eigenvalue weighted by atomic mass is 32.2. The van der Waals surface area contributed by atoms with Crippen LogP contribution in [0.1, 0.15) is 12.8 Å². The van der Waals surface area contributed by atoms with Crippen molar-refractivity contribution in [3.05, 3.63) is 0 Å². The molecule has 0 bridgehead atoms. The van der Waals surface area contributed by atoms with E-state index in [2.05, 4.69) is 0 Å². The summed E-state index contributed by atoms with van der Waals surface area (Å²) in [5, 5.41) is 0.0989. The lowest BCUT2D eigenvalue weighted by molar-refractivity contribution is -0.119. The van der Waals surface area contributed by atoms with Crippen LogP contribution in [-0.2, 0) is 9.59 Å². The summed E-state index contributed by atoms with van der Waals surface area (Å²) in [4.78, 5) is 21.3. The predicted molar refractivity (Wildman–Crippen MR) is 46.1 cm³/mol. The van der Waals surface area contributed by atoms with Gasteiger partial charge in [0.15, 0.2) is 5.12 Å². The number of ketones is 1. The zero-order valence-corrected chi connectivity index (χ0v) is 7.16. The Bertz CT molecular complexity index is 120. The summed E-state index contributed by atoms with van der Waals surface area (Å²) >= 11 is 1.19. The summed E-state index contributed by atoms with van der Waals surface area (Å²) in [5.41, 5.74) is 0. The minimum atomic E-state index is 0.0989. The Morgan fingerprint density at radius 2 is 2.00 bits per heavy atom. The van der Waals surface area contributed by atoms with Gasteiger partial charge >= 0.3 is 0 Å². The predicted octanol–water partition coefficient (Wildman–Crippen LogP) is 0.277. The second-order valence-corrected chi connectivity index (χ2v) is 2.83. The molecule has 0 fully saturated rings. The number of hydrogen-bond acceptors (Lipinski definition) is 3. The van der Waals surface area contributed by atoms with Crippen molar-refractivity contribution < 1.29 is 9.59 Å². The molecule has 0 aromatic carbocycles. The fraction of sp³-hybridized carbons (Fsp3) is 0.667. The smallest absolute Gasteiger partial charge is 0.189 e. The topological polar surface area (TPSA) is 34.1 Å². The lowest BCUT2D eigenvalue weighted by atomic mass is 9.98. The Labute approximate surface area is 66.2 Å². The van der Waals surface area contributed by atoms with Crippen LogP contribution in [0.5, 0.6) is 0 Å². The van der Waals surface area contributed by atoms with E-state index < -0.39 is 0 Å². The Morgan fingerprint density at radius 3 is 2.40 bits per heavy atom. The number of Topliss-reactive ketones (excluding diaryl/α,β-unsaturated/α-hetero) is 1. The van der Waals surface area contributed by atoms with Gasteiger partial charge in [-0.1, -0.05) is 11.8 Å². The molecule has 0 atom stereocenters. The van der Waals surface area contributed by atoms with Crippen molar-refractivity contribution >= 4 is 30.5 Å². The van der Waals surface area contributed by atoms with E-state index >= 15 is 0 Å². The fourth-order valence-corrected chi connectivity index (χ4v) is 0.827. The molecule has 2 nitrogen and oxygen atoms in total. The molecule has 0 aromatic heterocycles. The minimum absolute atomic E-state index is 0.0989. The molecule has 0 aliphatic heterocycles. The average Bonchev–Trinajstić information content (AvgIpc) is 1.99. The maximum atomic E-state index is 10.7. The molecule has 0 aromatic rings. The monoisotopic (exact) mass is 158 g/mol. The summed E-state index contributed by atoms with van der Waals surface area (Å²) in [5.74, 6) is 0.169. The minimum Gasteiger partial charge on any atom is -0.301 e. The molecule has 56 valence electrons. The molecule has 0 aliphatic rings. The fourth-order valence-electron chi connectivity index (χ4n) is 0.520. The van der Waals surface area contributed by atoms with E-state index in [4.69, 9.17) is 0 Å². The van der Waals surface area contributed by atoms with Crippen molar-refractivity contribution in [3.63, 3.8) is 0 Å². The Balaban J connectivity index is 3.35. The first-order chi connectivity index (χ1) is 4.70. The zero-order valence-electron chi connectivity index (χ0n) is 6.35. The van der Waals surface area contributed by atoms with Crippen LogP contribution < -0.4 is 0 Å². The number of rotatable bonds is 4. The lowest BCUT2D eigenvalue weighted by Crippen LogP contribution is -1.99. The number of carbonyl (C=O) groups is 2. The highest BCUT2D eigenvalue weighted by Crippen LogP contribution is 2.03. The van der Waals surface area contributed by atoms with Gasteiger partial charge in [0.2, 0.25) is 0 Å². The SMILES string of the molecule is BCC(=O)CCC(=O)SC. The van der Waals surface area contributed by atoms with E-state index in [0.29, 0.717) is 19.2 Å². The van der Waals surface area contributed by atoms with Crippen LogP contribution in [0.25, 0.3) is 0 Å². The van der Waals surface area contributed by atoms with Gasteiger partial charge < -0.3 is 4.79 Å². The standard InChI is InChI=1S/C6H11BO2S/c1-10-6(9)3-2-5(8)4-7/h2-4,7H2,1H3. The molecule has 0 aliphatic carbocycles. The summed E-state index contributed by atoms with van der Waals surface area (Å²) < 4.78 is 0. The van der Waals surface area contributed by atoms with Gasteiger partial charge in [0.25, 0.3) is 0 Å². The quantitative estimate of drug-likeness (QED) is 0.551. The van der Waals surface area contributed by atoms with Gasteiger partial charge in [0.1, 0.15) is 13.6 Å². The van der Waals surface area contributed by atoms with Crippen molar-refractivity contribution in [2.45, 2.75) is 19.2 Å². The molecule has 0 radical (unpaired) electrons. The zero-order chi connectivity index (χ0) is 7.98. The van der Waals surface area contributed by atoms with Crippen LogP contribution >= 0.6 is 11.8 Å². The largest absolute Gasteiger partial charge is 0.301 e. The van der Waals surface area contributed by atoms with Crippen molar-refractivity contribution in [1.82, 2.24) is 0 Å². The molecule has 0 unspecified atom stereocenters. The molecular formula is C6H11BO2S. The van der Waals surface area contributed by atoms with Crippen molar-refractivity contribution in [2.24, 2.45) is 0 Å². The Morgan fingerprint density at radius 1 is 1.40 bits per heavy atom. The number of carbonyl (C=O) groups excluding carboxylic acids is 2. The van der Waals surface area contributed by atoms with Gasteiger partial charge in [0, 0.05) is 12.8 Å². The first-order valence-electron chi connectivity index (χ1n) is 3.29. The Kier molecular flexibility index (Phi) is 5.40. The van der Waals surface area contributed by atoms with Crippen LogP contribution in [-0.4, -0.2) is 25.0 Å². The molecule has 0 saturated carbocycles. The summed E-state index contributed by atoms with van der Waals surface area (Å²) in [6.45, 7) is 0. The normalized spacial score (nSPS) is 9.30. The molecule has 10 heavy (non-hydrogen) atoms. The molecular weight excluding hydrogens is 147 g/mol. The van der Waals surface area contributed by atoms with E-state index in [1.807, 2.05) is 7.85 Å². The van der Waals surface area contributed by atoms with Crippen LogP contribution in [0.15, 0.2) is 0 Å².